The molecule has 16 heavy (non-hydrogen) atoms. The third-order valence-corrected chi connectivity index (χ3v) is 5.35. The van der Waals surface area contributed by atoms with E-state index >= 15 is 0 Å². The Morgan fingerprint density at radius 1 is 1.25 bits per heavy atom. The van der Waals surface area contributed by atoms with Crippen LogP contribution in [0.25, 0.3) is 0 Å². The van der Waals surface area contributed by atoms with Crippen LogP contribution in [0.3, 0.4) is 0 Å². The Labute approximate surface area is 104 Å². The van der Waals surface area contributed by atoms with Crippen molar-refractivity contribution in [3.63, 3.8) is 0 Å². The molecule has 1 aliphatic rings. The maximum Gasteiger partial charge on any atom is 0.242 e. The van der Waals surface area contributed by atoms with Gasteiger partial charge < -0.3 is 0 Å². The number of rotatable bonds is 2. The van der Waals surface area contributed by atoms with Gasteiger partial charge in [-0.1, -0.05) is 49.6 Å². The van der Waals surface area contributed by atoms with Crippen LogP contribution in [0.5, 0.6) is 0 Å². The maximum absolute atomic E-state index is 2.46. The molecule has 0 aliphatic carbocycles. The summed E-state index contributed by atoms with van der Waals surface area (Å²) in [6.07, 6.45) is 1.24. The highest BCUT2D eigenvalue weighted by Crippen LogP contribution is 2.30. The van der Waals surface area contributed by atoms with Crippen LogP contribution in [0.4, 0.5) is 0 Å². The molecule has 1 nitrogen and oxygen atoms in total. The summed E-state index contributed by atoms with van der Waals surface area (Å²) in [6, 6.07) is 8.79. The fourth-order valence-electron chi connectivity index (χ4n) is 2.18. The lowest BCUT2D eigenvalue weighted by atomic mass is 10.1. The Morgan fingerprint density at radius 3 is 2.62 bits per heavy atom. The van der Waals surface area contributed by atoms with Gasteiger partial charge in [-0.3, -0.25) is 0 Å². The Hall–Kier alpha value is -0.543. The second-order valence-electron chi connectivity index (χ2n) is 5.67. The summed E-state index contributed by atoms with van der Waals surface area (Å²) < 4.78 is 2.46. The van der Waals surface area contributed by atoms with E-state index in [1.807, 2.05) is 11.8 Å². The Morgan fingerprint density at radius 2 is 1.94 bits per heavy atom. The van der Waals surface area contributed by atoms with Crippen LogP contribution in [-0.4, -0.2) is 30.9 Å². The molecule has 1 heterocycles. The molecule has 0 unspecified atom stereocenters. The van der Waals surface area contributed by atoms with Crippen molar-refractivity contribution in [1.29, 1.82) is 0 Å². The standard InChI is InChI=1S/C13H20NSSi/c1-14(10-16(2,3)4)13-12-8-6-5-7-11(12)9-15-13/h5-8H,9-10H2,1-4H3/q+1/b14-13-. The largest absolute Gasteiger partial charge is 0.242 e. The molecule has 1 aliphatic heterocycles. The van der Waals surface area contributed by atoms with E-state index in [4.69, 9.17) is 0 Å². The summed E-state index contributed by atoms with van der Waals surface area (Å²) in [7, 11) is 1.22. The molecular weight excluding hydrogens is 230 g/mol. The molecule has 0 aromatic heterocycles. The quantitative estimate of drug-likeness (QED) is 0.575. The van der Waals surface area contributed by atoms with Gasteiger partial charge in [-0.15, -0.1) is 0 Å². The first-order valence-corrected chi connectivity index (χ1v) is 10.5. The maximum atomic E-state index is 2.46. The van der Waals surface area contributed by atoms with Crippen LogP contribution in [0.1, 0.15) is 11.1 Å². The molecule has 0 saturated carbocycles. The lowest BCUT2D eigenvalue weighted by Crippen LogP contribution is -2.35. The van der Waals surface area contributed by atoms with E-state index in [-0.39, 0.29) is 0 Å². The molecule has 1 aromatic carbocycles. The minimum Gasteiger partial charge on any atom is -0.231 e. The molecule has 0 fully saturated rings. The minimum atomic E-state index is -1.02. The van der Waals surface area contributed by atoms with Crippen LogP contribution >= 0.6 is 11.8 Å². The molecular formula is C13H20NSSi+. The van der Waals surface area contributed by atoms with Gasteiger partial charge in [-0.25, -0.2) is 4.58 Å². The molecule has 0 spiro atoms. The molecule has 86 valence electrons. The first kappa shape index (κ1) is 11.9. The van der Waals surface area contributed by atoms with Gasteiger partial charge in [0.1, 0.15) is 21.3 Å². The van der Waals surface area contributed by atoms with E-state index in [9.17, 15) is 0 Å². The fraction of sp³-hybridized carbons (Fsp3) is 0.462. The van der Waals surface area contributed by atoms with Crippen molar-refractivity contribution in [2.75, 3.05) is 13.2 Å². The van der Waals surface area contributed by atoms with Crippen LogP contribution in [-0.2, 0) is 5.75 Å². The summed E-state index contributed by atoms with van der Waals surface area (Å²) in [5.41, 5.74) is 2.94. The minimum absolute atomic E-state index is 1.02. The van der Waals surface area contributed by atoms with Crippen LogP contribution in [0.2, 0.25) is 19.6 Å². The predicted octanol–water partition coefficient (Wildman–Crippen LogP) is 3.20. The summed E-state index contributed by atoms with van der Waals surface area (Å²) in [5, 5.41) is 1.47. The van der Waals surface area contributed by atoms with E-state index in [2.05, 4.69) is 55.5 Å². The lowest BCUT2D eigenvalue weighted by Gasteiger charge is -2.12. The highest BCUT2D eigenvalue weighted by atomic mass is 32.2. The van der Waals surface area contributed by atoms with Gasteiger partial charge >= 0.3 is 0 Å². The predicted molar refractivity (Wildman–Crippen MR) is 76.2 cm³/mol. The average Bonchev–Trinajstić information content (AvgIpc) is 2.58. The first-order chi connectivity index (χ1) is 7.47. The lowest BCUT2D eigenvalue weighted by molar-refractivity contribution is -0.476. The van der Waals surface area contributed by atoms with Gasteiger partial charge in [-0.2, -0.15) is 0 Å². The highest BCUT2D eigenvalue weighted by Gasteiger charge is 2.28. The van der Waals surface area contributed by atoms with Gasteiger partial charge in [0, 0.05) is 5.75 Å². The van der Waals surface area contributed by atoms with Crippen LogP contribution in [0.15, 0.2) is 24.3 Å². The third kappa shape index (κ3) is 2.58. The molecule has 1 aromatic rings. The second-order valence-corrected chi connectivity index (χ2v) is 12.1. The van der Waals surface area contributed by atoms with Crippen LogP contribution < -0.4 is 0 Å². The number of hydrogen-bond donors (Lipinski definition) is 0. The summed E-state index contributed by atoms with van der Waals surface area (Å²) in [4.78, 5) is 0. The fourth-order valence-corrected chi connectivity index (χ4v) is 5.06. The van der Waals surface area contributed by atoms with Gasteiger partial charge in [0.25, 0.3) is 0 Å². The first-order valence-electron chi connectivity index (χ1n) is 5.76. The Kier molecular flexibility index (Phi) is 3.26. The smallest absolute Gasteiger partial charge is 0.231 e. The van der Waals surface area contributed by atoms with E-state index in [1.165, 1.54) is 22.3 Å². The van der Waals surface area contributed by atoms with Crippen molar-refractivity contribution in [2.24, 2.45) is 0 Å². The zero-order valence-corrected chi connectivity index (χ0v) is 12.4. The molecule has 0 N–H and O–H groups in total. The molecule has 0 bridgehead atoms. The number of thioether (sulfide) groups is 1. The molecule has 0 amide bonds. The molecule has 0 atom stereocenters. The van der Waals surface area contributed by atoms with E-state index in [1.54, 1.807) is 0 Å². The summed E-state index contributed by atoms with van der Waals surface area (Å²) in [6.45, 7) is 7.28. The SMILES string of the molecule is C/[N+](C[Si](C)(C)C)=C1/SCc2ccccc21. The highest BCUT2D eigenvalue weighted by molar-refractivity contribution is 8.14. The van der Waals surface area contributed by atoms with Crippen molar-refractivity contribution < 1.29 is 4.58 Å². The second kappa shape index (κ2) is 4.38. The molecule has 3 heteroatoms. The van der Waals surface area contributed by atoms with Crippen molar-refractivity contribution in [1.82, 2.24) is 0 Å². The monoisotopic (exact) mass is 250 g/mol. The van der Waals surface area contributed by atoms with Gasteiger partial charge in [0.15, 0.2) is 0 Å². The van der Waals surface area contributed by atoms with Gasteiger partial charge in [0.05, 0.1) is 5.56 Å². The van der Waals surface area contributed by atoms with E-state index in [0.717, 1.165) is 5.75 Å². The molecule has 2 rings (SSSR count). The number of benzene rings is 1. The zero-order chi connectivity index (χ0) is 11.8. The normalized spacial score (nSPS) is 18.5. The number of fused-ring (bicyclic) bond motifs is 1. The van der Waals surface area contributed by atoms with Gasteiger partial charge in [-0.05, 0) is 11.6 Å². The Bertz CT molecular complexity index is 432. The van der Waals surface area contributed by atoms with Crippen LogP contribution in [0, 0.1) is 0 Å². The van der Waals surface area contributed by atoms with E-state index in [0.29, 0.717) is 0 Å². The topological polar surface area (TPSA) is 3.01 Å². The van der Waals surface area contributed by atoms with Gasteiger partial charge in [0.2, 0.25) is 5.04 Å². The van der Waals surface area contributed by atoms with Crippen molar-refractivity contribution >= 4 is 24.9 Å². The number of hydrogen-bond acceptors (Lipinski definition) is 1. The number of nitrogens with zero attached hydrogens (tertiary/aromatic N) is 1. The Balaban J connectivity index is 2.33. The average molecular weight is 250 g/mol. The molecule has 0 radical (unpaired) electrons. The van der Waals surface area contributed by atoms with Crippen molar-refractivity contribution in [3.8, 4) is 0 Å². The zero-order valence-electron chi connectivity index (χ0n) is 10.6. The third-order valence-electron chi connectivity index (χ3n) is 2.67. The van der Waals surface area contributed by atoms with Crippen molar-refractivity contribution in [3.05, 3.63) is 35.4 Å². The van der Waals surface area contributed by atoms with Crippen molar-refractivity contribution in [2.45, 2.75) is 25.4 Å². The summed E-state index contributed by atoms with van der Waals surface area (Å²) in [5.74, 6) is 1.14. The summed E-state index contributed by atoms with van der Waals surface area (Å²) >= 11 is 1.98. The van der Waals surface area contributed by atoms with E-state index < -0.39 is 8.07 Å². The molecule has 0 saturated heterocycles.